The molecular weight excluding hydrogens is 257 g/mol. The molecule has 0 saturated heterocycles. The molecule has 5 heteroatoms. The summed E-state index contributed by atoms with van der Waals surface area (Å²) < 4.78 is 13.4. The Bertz CT molecular complexity index is 437. The van der Waals surface area contributed by atoms with Gasteiger partial charge in [0.1, 0.15) is 11.6 Å². The average molecular weight is 281 g/mol. The Balaban J connectivity index is 2.96. The molecule has 4 nitrogen and oxygen atoms in total. The molecule has 0 aliphatic rings. The summed E-state index contributed by atoms with van der Waals surface area (Å²) in [4.78, 5) is 18.2. The van der Waals surface area contributed by atoms with Gasteiger partial charge >= 0.3 is 0 Å². The van der Waals surface area contributed by atoms with Crippen LogP contribution in [0.1, 0.15) is 50.4 Å². The first kappa shape index (κ1) is 16.4. The van der Waals surface area contributed by atoms with Crippen molar-refractivity contribution in [2.24, 2.45) is 0 Å². The number of aromatic nitrogens is 1. The number of nitrogens with zero attached hydrogens (tertiary/aromatic N) is 2. The van der Waals surface area contributed by atoms with Gasteiger partial charge in [0.2, 0.25) is 0 Å². The minimum Gasteiger partial charge on any atom is -0.369 e. The molecule has 0 saturated carbocycles. The molecular formula is C15H24FN3O. The molecule has 1 N–H and O–H groups in total. The van der Waals surface area contributed by atoms with Crippen LogP contribution in [0.5, 0.6) is 0 Å². The monoisotopic (exact) mass is 281 g/mol. The second kappa shape index (κ2) is 8.51. The Morgan fingerprint density at radius 3 is 2.70 bits per heavy atom. The quantitative estimate of drug-likeness (QED) is 0.795. The molecule has 1 heterocycles. The van der Waals surface area contributed by atoms with Gasteiger partial charge in [-0.25, -0.2) is 9.37 Å². The molecule has 0 fully saturated rings. The molecule has 0 bridgehead atoms. The standard InChI is InChI=1S/C15H24FN3O/c1-4-7-9-19(6-3)15(20)13-10-12(16)11-18-14(13)17-8-5-2/h10-11H,4-9H2,1-3H3,(H,17,18). The van der Waals surface area contributed by atoms with Gasteiger partial charge in [-0.2, -0.15) is 0 Å². The van der Waals surface area contributed by atoms with Crippen molar-refractivity contribution in [1.29, 1.82) is 0 Å². The summed E-state index contributed by atoms with van der Waals surface area (Å²) in [7, 11) is 0. The SMILES string of the molecule is CCCCN(CC)C(=O)c1cc(F)cnc1NCCC. The maximum absolute atomic E-state index is 13.4. The van der Waals surface area contributed by atoms with Crippen molar-refractivity contribution in [1.82, 2.24) is 9.88 Å². The maximum Gasteiger partial charge on any atom is 0.257 e. The van der Waals surface area contributed by atoms with Gasteiger partial charge < -0.3 is 10.2 Å². The van der Waals surface area contributed by atoms with Crippen LogP contribution in [0.25, 0.3) is 0 Å². The lowest BCUT2D eigenvalue weighted by molar-refractivity contribution is 0.0762. The summed E-state index contributed by atoms with van der Waals surface area (Å²) in [5.74, 6) is -0.179. The van der Waals surface area contributed by atoms with Gasteiger partial charge in [-0.15, -0.1) is 0 Å². The van der Waals surface area contributed by atoms with Crippen molar-refractivity contribution in [2.75, 3.05) is 25.0 Å². The minimum absolute atomic E-state index is 0.161. The van der Waals surface area contributed by atoms with Gasteiger partial charge in [0.25, 0.3) is 5.91 Å². The number of carbonyl (C=O) groups excluding carboxylic acids is 1. The molecule has 0 aliphatic heterocycles. The molecule has 0 radical (unpaired) electrons. The van der Waals surface area contributed by atoms with Gasteiger partial charge in [-0.3, -0.25) is 4.79 Å². The summed E-state index contributed by atoms with van der Waals surface area (Å²) >= 11 is 0. The summed E-state index contributed by atoms with van der Waals surface area (Å²) in [6.07, 6.45) is 4.02. The number of hydrogen-bond donors (Lipinski definition) is 1. The Morgan fingerprint density at radius 1 is 1.35 bits per heavy atom. The molecule has 0 unspecified atom stereocenters. The van der Waals surface area contributed by atoms with Crippen molar-refractivity contribution in [2.45, 2.75) is 40.0 Å². The predicted molar refractivity (Wildman–Crippen MR) is 79.5 cm³/mol. The smallest absolute Gasteiger partial charge is 0.257 e. The molecule has 0 spiro atoms. The van der Waals surface area contributed by atoms with Crippen LogP contribution in [0.3, 0.4) is 0 Å². The van der Waals surface area contributed by atoms with E-state index >= 15 is 0 Å². The fourth-order valence-corrected chi connectivity index (χ4v) is 1.91. The van der Waals surface area contributed by atoms with E-state index in [4.69, 9.17) is 0 Å². The Morgan fingerprint density at radius 2 is 2.10 bits per heavy atom. The fraction of sp³-hybridized carbons (Fsp3) is 0.600. The van der Waals surface area contributed by atoms with Crippen molar-refractivity contribution in [3.63, 3.8) is 0 Å². The van der Waals surface area contributed by atoms with Crippen LogP contribution in [-0.4, -0.2) is 35.4 Å². The van der Waals surface area contributed by atoms with E-state index in [1.165, 1.54) is 6.07 Å². The number of nitrogens with one attached hydrogen (secondary N) is 1. The van der Waals surface area contributed by atoms with Crippen molar-refractivity contribution >= 4 is 11.7 Å². The normalized spacial score (nSPS) is 10.4. The van der Waals surface area contributed by atoms with Crippen molar-refractivity contribution in [3.8, 4) is 0 Å². The van der Waals surface area contributed by atoms with Gasteiger partial charge in [0.05, 0.1) is 11.8 Å². The van der Waals surface area contributed by atoms with Crippen LogP contribution in [0.15, 0.2) is 12.3 Å². The molecule has 1 rings (SSSR count). The molecule has 0 aliphatic carbocycles. The number of hydrogen-bond acceptors (Lipinski definition) is 3. The lowest BCUT2D eigenvalue weighted by atomic mass is 10.2. The molecule has 1 aromatic rings. The largest absolute Gasteiger partial charge is 0.369 e. The van der Waals surface area contributed by atoms with E-state index < -0.39 is 5.82 Å². The van der Waals surface area contributed by atoms with E-state index in [1.54, 1.807) is 4.90 Å². The summed E-state index contributed by atoms with van der Waals surface area (Å²) in [5.41, 5.74) is 0.316. The topological polar surface area (TPSA) is 45.2 Å². The van der Waals surface area contributed by atoms with Crippen LogP contribution < -0.4 is 5.32 Å². The van der Waals surface area contributed by atoms with Crippen molar-refractivity contribution < 1.29 is 9.18 Å². The van der Waals surface area contributed by atoms with Crippen LogP contribution in [0.4, 0.5) is 10.2 Å². The molecule has 0 aromatic carbocycles. The van der Waals surface area contributed by atoms with Gasteiger partial charge in [0.15, 0.2) is 0 Å². The first-order valence-corrected chi connectivity index (χ1v) is 7.32. The summed E-state index contributed by atoms with van der Waals surface area (Å²) in [6, 6.07) is 1.27. The number of rotatable bonds is 8. The van der Waals surface area contributed by atoms with E-state index in [0.29, 0.717) is 31.0 Å². The second-order valence-corrected chi connectivity index (χ2v) is 4.71. The number of amides is 1. The van der Waals surface area contributed by atoms with Crippen molar-refractivity contribution in [3.05, 3.63) is 23.6 Å². The predicted octanol–water partition coefficient (Wildman–Crippen LogP) is 3.30. The van der Waals surface area contributed by atoms with E-state index in [-0.39, 0.29) is 5.91 Å². The lowest BCUT2D eigenvalue weighted by Gasteiger charge is -2.22. The first-order valence-electron chi connectivity index (χ1n) is 7.32. The van der Waals surface area contributed by atoms with E-state index in [0.717, 1.165) is 25.5 Å². The van der Waals surface area contributed by atoms with Crippen LogP contribution in [-0.2, 0) is 0 Å². The number of anilines is 1. The van der Waals surface area contributed by atoms with Crippen LogP contribution >= 0.6 is 0 Å². The fourth-order valence-electron chi connectivity index (χ4n) is 1.91. The molecule has 1 amide bonds. The Labute approximate surface area is 120 Å². The Kier molecular flexibility index (Phi) is 6.98. The highest BCUT2D eigenvalue weighted by atomic mass is 19.1. The van der Waals surface area contributed by atoms with Crippen LogP contribution in [0, 0.1) is 5.82 Å². The van der Waals surface area contributed by atoms with E-state index in [9.17, 15) is 9.18 Å². The summed E-state index contributed by atoms with van der Waals surface area (Å²) in [5, 5.41) is 3.08. The van der Waals surface area contributed by atoms with Gasteiger partial charge in [-0.05, 0) is 25.8 Å². The second-order valence-electron chi connectivity index (χ2n) is 4.71. The zero-order valence-electron chi connectivity index (χ0n) is 12.6. The third kappa shape index (κ3) is 4.47. The first-order chi connectivity index (χ1) is 9.63. The van der Waals surface area contributed by atoms with Crippen LogP contribution in [0.2, 0.25) is 0 Å². The highest BCUT2D eigenvalue weighted by molar-refractivity contribution is 5.98. The lowest BCUT2D eigenvalue weighted by Crippen LogP contribution is -2.32. The Hall–Kier alpha value is -1.65. The highest BCUT2D eigenvalue weighted by Crippen LogP contribution is 2.16. The third-order valence-corrected chi connectivity index (χ3v) is 3.08. The number of unbranched alkanes of at least 4 members (excludes halogenated alkanes) is 1. The highest BCUT2D eigenvalue weighted by Gasteiger charge is 2.19. The average Bonchev–Trinajstić information content (AvgIpc) is 2.46. The van der Waals surface area contributed by atoms with E-state index in [2.05, 4.69) is 17.2 Å². The molecule has 0 atom stereocenters. The third-order valence-electron chi connectivity index (χ3n) is 3.08. The summed E-state index contributed by atoms with van der Waals surface area (Å²) in [6.45, 7) is 8.05. The minimum atomic E-state index is -0.484. The maximum atomic E-state index is 13.4. The molecule has 112 valence electrons. The number of carbonyl (C=O) groups is 1. The van der Waals surface area contributed by atoms with E-state index in [1.807, 2.05) is 13.8 Å². The van der Waals surface area contributed by atoms with Gasteiger partial charge in [0, 0.05) is 19.6 Å². The number of halogens is 1. The number of pyridine rings is 1. The molecule has 20 heavy (non-hydrogen) atoms. The zero-order chi connectivity index (χ0) is 15.0. The van der Waals surface area contributed by atoms with Gasteiger partial charge in [-0.1, -0.05) is 20.3 Å². The molecule has 1 aromatic heterocycles. The zero-order valence-corrected chi connectivity index (χ0v) is 12.6.